The molecule has 0 aliphatic heterocycles. The summed E-state index contributed by atoms with van der Waals surface area (Å²) in [6.45, 7) is 0. The highest BCUT2D eigenvalue weighted by Gasteiger charge is 2.14. The second-order valence-electron chi connectivity index (χ2n) is 5.41. The Bertz CT molecular complexity index is 804. The second kappa shape index (κ2) is 4.64. The third-order valence-electron chi connectivity index (χ3n) is 4.19. The van der Waals surface area contributed by atoms with Gasteiger partial charge in [0, 0.05) is 0 Å². The number of allylic oxidation sites excluding steroid dienone is 2. The van der Waals surface area contributed by atoms with Crippen LogP contribution in [0.4, 0.5) is 0 Å². The van der Waals surface area contributed by atoms with Gasteiger partial charge in [0.2, 0.25) is 0 Å². The van der Waals surface area contributed by atoms with E-state index >= 15 is 0 Å². The highest BCUT2D eigenvalue weighted by Crippen LogP contribution is 2.31. The molecule has 0 saturated carbocycles. The number of fused-ring (bicyclic) bond motifs is 2. The van der Waals surface area contributed by atoms with E-state index in [0.29, 0.717) is 0 Å². The lowest BCUT2D eigenvalue weighted by Crippen LogP contribution is -1.91. The van der Waals surface area contributed by atoms with Gasteiger partial charge in [-0.1, -0.05) is 72.8 Å². The Hall–Kier alpha value is -2.34. The van der Waals surface area contributed by atoms with Crippen LogP contribution in [-0.2, 0) is 12.8 Å². The average Bonchev–Trinajstić information content (AvgIpc) is 2.91. The van der Waals surface area contributed by atoms with Gasteiger partial charge in [0.25, 0.3) is 0 Å². The van der Waals surface area contributed by atoms with E-state index in [2.05, 4.69) is 72.8 Å². The molecule has 0 saturated heterocycles. The maximum atomic E-state index is 2.38. The molecule has 0 heteroatoms. The third-order valence-corrected chi connectivity index (χ3v) is 4.19. The van der Waals surface area contributed by atoms with Crippen molar-refractivity contribution < 1.29 is 0 Å². The largest absolute Gasteiger partial charge is 0.0759 e. The Kier molecular flexibility index (Phi) is 2.67. The van der Waals surface area contributed by atoms with Gasteiger partial charge in [-0.25, -0.2) is 0 Å². The number of hydrogen-bond acceptors (Lipinski definition) is 0. The van der Waals surface area contributed by atoms with Gasteiger partial charge in [-0.3, -0.25) is 0 Å². The van der Waals surface area contributed by atoms with Crippen molar-refractivity contribution in [3.63, 3.8) is 0 Å². The van der Waals surface area contributed by atoms with Crippen LogP contribution in [-0.4, -0.2) is 0 Å². The van der Waals surface area contributed by atoms with Gasteiger partial charge in [0.1, 0.15) is 0 Å². The lowest BCUT2D eigenvalue weighted by Gasteiger charge is -2.09. The molecule has 0 N–H and O–H groups in total. The minimum absolute atomic E-state index is 1.03. The first-order valence-corrected chi connectivity index (χ1v) is 7.16. The molecular weight excluding hydrogens is 240 g/mol. The summed E-state index contributed by atoms with van der Waals surface area (Å²) in [5.41, 5.74) is 5.78. The van der Waals surface area contributed by atoms with Crippen LogP contribution in [0.5, 0.6) is 0 Å². The highest BCUT2D eigenvalue weighted by atomic mass is 14.2. The monoisotopic (exact) mass is 256 g/mol. The molecule has 0 unspecified atom stereocenters. The predicted octanol–water partition coefficient (Wildman–Crippen LogP) is 5.02. The fourth-order valence-electron chi connectivity index (χ4n) is 3.17. The van der Waals surface area contributed by atoms with E-state index in [4.69, 9.17) is 0 Å². The molecule has 0 aromatic heterocycles. The van der Waals surface area contributed by atoms with Gasteiger partial charge in [0.05, 0.1) is 0 Å². The summed E-state index contributed by atoms with van der Waals surface area (Å²) in [7, 11) is 0. The first kappa shape index (κ1) is 11.5. The molecule has 4 rings (SSSR count). The first-order valence-electron chi connectivity index (χ1n) is 7.16. The summed E-state index contributed by atoms with van der Waals surface area (Å²) in [5.74, 6) is 0. The quantitative estimate of drug-likeness (QED) is 0.603. The van der Waals surface area contributed by atoms with Crippen molar-refractivity contribution in [2.45, 2.75) is 12.8 Å². The number of rotatable bonds is 2. The maximum Gasteiger partial charge on any atom is -0.00166 e. The molecule has 0 fully saturated rings. The Labute approximate surface area is 119 Å². The van der Waals surface area contributed by atoms with E-state index in [0.717, 1.165) is 12.8 Å². The zero-order valence-electron chi connectivity index (χ0n) is 11.3. The molecular formula is C20H16. The second-order valence-corrected chi connectivity index (χ2v) is 5.41. The molecule has 0 spiro atoms. The molecule has 0 bridgehead atoms. The van der Waals surface area contributed by atoms with Crippen molar-refractivity contribution in [3.8, 4) is 0 Å². The predicted molar refractivity (Wildman–Crippen MR) is 85.8 cm³/mol. The van der Waals surface area contributed by atoms with Crippen LogP contribution in [0.3, 0.4) is 0 Å². The summed E-state index contributed by atoms with van der Waals surface area (Å²) in [6.07, 6.45) is 4.49. The molecule has 96 valence electrons. The Morgan fingerprint density at radius 3 is 2.55 bits per heavy atom. The van der Waals surface area contributed by atoms with Gasteiger partial charge in [-0.2, -0.15) is 0 Å². The minimum Gasteiger partial charge on any atom is -0.0759 e. The number of benzene rings is 3. The molecule has 1 aliphatic rings. The van der Waals surface area contributed by atoms with Crippen molar-refractivity contribution in [2.24, 2.45) is 0 Å². The topological polar surface area (TPSA) is 0 Å². The van der Waals surface area contributed by atoms with Crippen LogP contribution in [0.1, 0.15) is 16.7 Å². The molecule has 3 aromatic carbocycles. The van der Waals surface area contributed by atoms with Gasteiger partial charge in [-0.05, 0) is 45.9 Å². The molecule has 3 aromatic rings. The molecule has 0 amide bonds. The average molecular weight is 256 g/mol. The molecule has 0 heterocycles. The van der Waals surface area contributed by atoms with E-state index in [-0.39, 0.29) is 0 Å². The van der Waals surface area contributed by atoms with Gasteiger partial charge in [-0.15, -0.1) is 0 Å². The van der Waals surface area contributed by atoms with E-state index in [9.17, 15) is 0 Å². The third kappa shape index (κ3) is 1.85. The van der Waals surface area contributed by atoms with Crippen LogP contribution >= 0.6 is 0 Å². The summed E-state index contributed by atoms with van der Waals surface area (Å²) in [4.78, 5) is 0. The molecule has 0 atom stereocenters. The Morgan fingerprint density at radius 2 is 1.55 bits per heavy atom. The lowest BCUT2D eigenvalue weighted by molar-refractivity contribution is 1.31. The van der Waals surface area contributed by atoms with E-state index in [1.165, 1.54) is 33.0 Å². The summed E-state index contributed by atoms with van der Waals surface area (Å²) in [6, 6.07) is 24.0. The maximum absolute atomic E-state index is 2.38. The zero-order chi connectivity index (χ0) is 13.4. The van der Waals surface area contributed by atoms with Gasteiger partial charge >= 0.3 is 0 Å². The van der Waals surface area contributed by atoms with Crippen molar-refractivity contribution in [1.29, 1.82) is 0 Å². The van der Waals surface area contributed by atoms with E-state index in [1.807, 2.05) is 0 Å². The van der Waals surface area contributed by atoms with Gasteiger partial charge < -0.3 is 0 Å². The molecule has 0 radical (unpaired) electrons. The van der Waals surface area contributed by atoms with E-state index in [1.54, 1.807) is 0 Å². The van der Waals surface area contributed by atoms with Crippen molar-refractivity contribution in [2.75, 3.05) is 0 Å². The fraction of sp³-hybridized carbons (Fsp3) is 0.100. The summed E-state index contributed by atoms with van der Waals surface area (Å²) >= 11 is 0. The summed E-state index contributed by atoms with van der Waals surface area (Å²) < 4.78 is 0. The molecule has 20 heavy (non-hydrogen) atoms. The van der Waals surface area contributed by atoms with Crippen LogP contribution in [0.2, 0.25) is 0 Å². The molecule has 0 nitrogen and oxygen atoms in total. The van der Waals surface area contributed by atoms with Crippen molar-refractivity contribution in [3.05, 3.63) is 89.5 Å². The highest BCUT2D eigenvalue weighted by molar-refractivity contribution is 5.88. The van der Waals surface area contributed by atoms with Crippen LogP contribution in [0, 0.1) is 0 Å². The minimum atomic E-state index is 1.03. The Morgan fingerprint density at radius 1 is 0.750 bits per heavy atom. The van der Waals surface area contributed by atoms with Gasteiger partial charge in [0.15, 0.2) is 0 Å². The van der Waals surface area contributed by atoms with Crippen LogP contribution in [0.15, 0.2) is 72.8 Å². The summed E-state index contributed by atoms with van der Waals surface area (Å²) in [5, 5.41) is 2.71. The normalized spacial score (nSPS) is 13.3. The SMILES string of the molecule is C1=C(Cc2cccc3ccccc23)c2ccccc2C1. The standard InChI is InChI=1S/C20H16/c1-3-10-19-15(6-1)8-5-9-17(19)14-18-13-12-16-7-2-4-11-20(16)18/h1-11,13H,12,14H2. The molecule has 1 aliphatic carbocycles. The van der Waals surface area contributed by atoms with E-state index < -0.39 is 0 Å². The van der Waals surface area contributed by atoms with Crippen molar-refractivity contribution in [1.82, 2.24) is 0 Å². The smallest absolute Gasteiger partial charge is 0.00166 e. The van der Waals surface area contributed by atoms with Crippen LogP contribution in [0.25, 0.3) is 16.3 Å². The fourth-order valence-corrected chi connectivity index (χ4v) is 3.17. The van der Waals surface area contributed by atoms with Crippen LogP contribution < -0.4 is 0 Å². The van der Waals surface area contributed by atoms with Crippen molar-refractivity contribution >= 4 is 16.3 Å². The first-order chi connectivity index (χ1) is 9.92. The number of hydrogen-bond donors (Lipinski definition) is 0. The lowest BCUT2D eigenvalue weighted by atomic mass is 9.95. The Balaban J connectivity index is 1.76. The zero-order valence-corrected chi connectivity index (χ0v) is 11.3.